The molecule has 11 nitrogen and oxygen atoms in total. The molecular formula is C30H31FN8O3. The smallest absolute Gasteiger partial charge is 0.334 e. The third kappa shape index (κ3) is 4.04. The first kappa shape index (κ1) is 26.2. The number of carbonyl (C=O) groups excluding carboxylic acids is 1. The van der Waals surface area contributed by atoms with E-state index >= 15 is 0 Å². The fourth-order valence-electron chi connectivity index (χ4n) is 6.41. The molecule has 2 aromatic carbocycles. The van der Waals surface area contributed by atoms with Gasteiger partial charge in [0.05, 0.1) is 40.7 Å². The number of imidazole rings is 1. The van der Waals surface area contributed by atoms with Gasteiger partial charge in [-0.05, 0) is 50.1 Å². The van der Waals surface area contributed by atoms with E-state index in [-0.39, 0.29) is 23.1 Å². The Bertz CT molecular complexity index is 1820. The van der Waals surface area contributed by atoms with Crippen LogP contribution in [0.4, 0.5) is 27.4 Å². The molecular weight excluding hydrogens is 539 g/mol. The Balaban J connectivity index is 1.25. The maximum atomic E-state index is 14.5. The van der Waals surface area contributed by atoms with Crippen molar-refractivity contribution in [1.82, 2.24) is 24.0 Å². The molecule has 2 fully saturated rings. The minimum absolute atomic E-state index is 0.183. The molecule has 2 N–H and O–H groups in total. The summed E-state index contributed by atoms with van der Waals surface area (Å²) in [6.45, 7) is 6.94. The number of hydrogen-bond donors (Lipinski definition) is 2. The summed E-state index contributed by atoms with van der Waals surface area (Å²) in [4.78, 5) is 39.4. The first-order valence-electron chi connectivity index (χ1n) is 14.0. The van der Waals surface area contributed by atoms with Gasteiger partial charge in [-0.25, -0.2) is 18.7 Å². The molecule has 0 aliphatic carbocycles. The Morgan fingerprint density at radius 3 is 2.74 bits per heavy atom. The van der Waals surface area contributed by atoms with Crippen LogP contribution < -0.4 is 26.0 Å². The fraction of sp³-hybridized carbons (Fsp3) is 0.333. The minimum atomic E-state index is -0.395. The van der Waals surface area contributed by atoms with E-state index in [1.165, 1.54) is 29.0 Å². The molecule has 7 rings (SSSR count). The zero-order valence-corrected chi connectivity index (χ0v) is 23.5. The number of aryl methyl sites for hydroxylation is 2. The predicted molar refractivity (Wildman–Crippen MR) is 159 cm³/mol. The van der Waals surface area contributed by atoms with Gasteiger partial charge in [0.15, 0.2) is 0 Å². The van der Waals surface area contributed by atoms with Crippen molar-refractivity contribution < 1.29 is 13.9 Å². The summed E-state index contributed by atoms with van der Waals surface area (Å²) in [5.41, 5.74) is 3.89. The summed E-state index contributed by atoms with van der Waals surface area (Å²) in [5, 5.41) is 6.11. The van der Waals surface area contributed by atoms with Gasteiger partial charge >= 0.3 is 5.69 Å². The Hall–Kier alpha value is -4.71. The van der Waals surface area contributed by atoms with Crippen molar-refractivity contribution >= 4 is 40.0 Å². The molecule has 4 aromatic rings. The molecule has 0 bridgehead atoms. The lowest BCUT2D eigenvalue weighted by atomic mass is 9.77. The fourth-order valence-corrected chi connectivity index (χ4v) is 6.41. The van der Waals surface area contributed by atoms with E-state index in [1.54, 1.807) is 23.8 Å². The average Bonchev–Trinajstić information content (AvgIpc) is 3.24. The van der Waals surface area contributed by atoms with Crippen LogP contribution in [0.1, 0.15) is 18.4 Å². The van der Waals surface area contributed by atoms with Crippen LogP contribution in [0, 0.1) is 5.82 Å². The zero-order chi connectivity index (χ0) is 29.2. The highest BCUT2D eigenvalue weighted by atomic mass is 19.1. The molecule has 0 saturated carbocycles. The van der Waals surface area contributed by atoms with Crippen LogP contribution in [0.25, 0.3) is 16.9 Å². The standard InChI is InChI=1S/C30H31FN8O3/c1-4-26(40)33-20-14-21(24(42-3)15-22(20)37-16-30(17-37)8-11-36(30)2)34-28-32-9-7-25(35-28)39-23-13-19(31)12-18-6-5-10-38(27(18)23)29(39)41/h4,7,9,12-15H,1,5-6,8,10-11,16-17H2,2-3H3,(H,33,40)(H,32,34,35). The number of benzene rings is 2. The van der Waals surface area contributed by atoms with Crippen molar-refractivity contribution in [2.24, 2.45) is 0 Å². The first-order chi connectivity index (χ1) is 20.3. The van der Waals surface area contributed by atoms with Gasteiger partial charge in [-0.1, -0.05) is 6.58 Å². The van der Waals surface area contributed by atoms with Crippen molar-refractivity contribution in [3.05, 3.63) is 71.0 Å². The SMILES string of the molecule is C=CC(=O)Nc1cc(Nc2nccc(-n3c(=O)n4c5c(cc(F)cc53)CCC4)n2)c(OC)cc1N1CC2(CCN2C)C1. The molecule has 1 spiro atoms. The highest BCUT2D eigenvalue weighted by Gasteiger charge is 2.52. The van der Waals surface area contributed by atoms with Crippen molar-refractivity contribution in [1.29, 1.82) is 0 Å². The molecule has 12 heteroatoms. The number of anilines is 4. The van der Waals surface area contributed by atoms with Crippen LogP contribution in [0.3, 0.4) is 0 Å². The van der Waals surface area contributed by atoms with Crippen molar-refractivity contribution in [3.63, 3.8) is 0 Å². The second-order valence-corrected chi connectivity index (χ2v) is 11.2. The second-order valence-electron chi connectivity index (χ2n) is 11.2. The first-order valence-corrected chi connectivity index (χ1v) is 14.0. The number of likely N-dealkylation sites (N-methyl/N-ethyl adjacent to an activating group) is 1. The molecule has 216 valence electrons. The zero-order valence-electron chi connectivity index (χ0n) is 23.5. The van der Waals surface area contributed by atoms with Crippen molar-refractivity contribution in [3.8, 4) is 11.6 Å². The van der Waals surface area contributed by atoms with E-state index in [9.17, 15) is 14.0 Å². The van der Waals surface area contributed by atoms with Crippen LogP contribution in [0.15, 0.2) is 54.0 Å². The molecule has 5 heterocycles. The van der Waals surface area contributed by atoms with Gasteiger partial charge in [0.2, 0.25) is 11.9 Å². The normalized spacial score (nSPS) is 17.1. The third-order valence-corrected chi connectivity index (χ3v) is 8.81. The molecule has 42 heavy (non-hydrogen) atoms. The maximum absolute atomic E-state index is 14.5. The molecule has 3 aliphatic rings. The van der Waals surface area contributed by atoms with Gasteiger partial charge in [-0.2, -0.15) is 4.98 Å². The lowest BCUT2D eigenvalue weighted by Gasteiger charge is -2.62. The highest BCUT2D eigenvalue weighted by Crippen LogP contribution is 2.45. The summed E-state index contributed by atoms with van der Waals surface area (Å²) in [6.07, 6.45) is 5.39. The van der Waals surface area contributed by atoms with E-state index in [0.717, 1.165) is 49.2 Å². The number of carbonyl (C=O) groups is 1. The lowest BCUT2D eigenvalue weighted by molar-refractivity contribution is -0.111. The highest BCUT2D eigenvalue weighted by molar-refractivity contribution is 6.02. The quantitative estimate of drug-likeness (QED) is 0.326. The summed E-state index contributed by atoms with van der Waals surface area (Å²) < 4.78 is 23.4. The lowest BCUT2D eigenvalue weighted by Crippen LogP contribution is -2.76. The molecule has 0 unspecified atom stereocenters. The maximum Gasteiger partial charge on any atom is 0.334 e. The number of aromatic nitrogens is 4. The van der Waals surface area contributed by atoms with Crippen LogP contribution in [0.5, 0.6) is 5.75 Å². The van der Waals surface area contributed by atoms with E-state index in [0.29, 0.717) is 41.4 Å². The largest absolute Gasteiger partial charge is 0.494 e. The van der Waals surface area contributed by atoms with Gasteiger partial charge in [-0.3, -0.25) is 14.3 Å². The van der Waals surface area contributed by atoms with Gasteiger partial charge in [0.1, 0.15) is 17.4 Å². The molecule has 1 amide bonds. The number of hydrogen-bond acceptors (Lipinski definition) is 8. The number of rotatable bonds is 7. The van der Waals surface area contributed by atoms with E-state index in [4.69, 9.17) is 4.74 Å². The number of likely N-dealkylation sites (tertiary alicyclic amines) is 1. The topological polar surface area (TPSA) is 110 Å². The van der Waals surface area contributed by atoms with Crippen LogP contribution >= 0.6 is 0 Å². The van der Waals surface area contributed by atoms with Gasteiger partial charge < -0.3 is 20.3 Å². The number of halogens is 1. The summed E-state index contributed by atoms with van der Waals surface area (Å²) in [6, 6.07) is 8.15. The Morgan fingerprint density at radius 2 is 2.02 bits per heavy atom. The van der Waals surface area contributed by atoms with E-state index in [2.05, 4.69) is 44.0 Å². The van der Waals surface area contributed by atoms with E-state index in [1.807, 2.05) is 6.07 Å². The number of ether oxygens (including phenoxy) is 1. The molecule has 2 saturated heterocycles. The molecule has 3 aliphatic heterocycles. The van der Waals surface area contributed by atoms with Gasteiger partial charge in [0.25, 0.3) is 0 Å². The molecule has 0 atom stereocenters. The Labute approximate surface area is 241 Å². The Kier molecular flexibility index (Phi) is 6.05. The second kappa shape index (κ2) is 9.69. The Morgan fingerprint density at radius 1 is 1.19 bits per heavy atom. The molecule has 0 radical (unpaired) electrons. The average molecular weight is 571 g/mol. The van der Waals surface area contributed by atoms with Crippen molar-refractivity contribution in [2.45, 2.75) is 31.3 Å². The predicted octanol–water partition coefficient (Wildman–Crippen LogP) is 3.44. The summed E-state index contributed by atoms with van der Waals surface area (Å²) in [7, 11) is 3.71. The van der Waals surface area contributed by atoms with Gasteiger partial charge in [-0.15, -0.1) is 0 Å². The van der Waals surface area contributed by atoms with E-state index < -0.39 is 5.82 Å². The summed E-state index contributed by atoms with van der Waals surface area (Å²) >= 11 is 0. The van der Waals surface area contributed by atoms with Gasteiger partial charge in [0, 0.05) is 50.6 Å². The number of nitrogens with one attached hydrogen (secondary N) is 2. The summed E-state index contributed by atoms with van der Waals surface area (Å²) in [5.74, 6) is 0.323. The third-order valence-electron chi connectivity index (χ3n) is 8.81. The minimum Gasteiger partial charge on any atom is -0.494 e. The number of methoxy groups -OCH3 is 1. The molecule has 2 aromatic heterocycles. The number of nitrogens with zero attached hydrogens (tertiary/aromatic N) is 6. The van der Waals surface area contributed by atoms with Crippen LogP contribution in [-0.4, -0.2) is 69.2 Å². The van der Waals surface area contributed by atoms with Crippen molar-refractivity contribution in [2.75, 3.05) is 49.3 Å². The van der Waals surface area contributed by atoms with Crippen LogP contribution in [0.2, 0.25) is 0 Å². The monoisotopic (exact) mass is 570 g/mol. The number of amides is 1. The van der Waals surface area contributed by atoms with Crippen LogP contribution in [-0.2, 0) is 17.8 Å².